The number of non-ortho nitro benzene ring substituents is 1. The molecule has 3 N–H and O–H groups in total. The Kier molecular flexibility index (Phi) is 14.1. The van der Waals surface area contributed by atoms with Gasteiger partial charge in [-0.3, -0.25) is 15.1 Å². The Bertz CT molecular complexity index is 2530. The van der Waals surface area contributed by atoms with Crippen molar-refractivity contribution in [2.45, 2.75) is 11.8 Å². The van der Waals surface area contributed by atoms with E-state index in [9.17, 15) is 44.1 Å². The molecule has 0 aromatic heterocycles. The van der Waals surface area contributed by atoms with E-state index in [1.54, 1.807) is 42.5 Å². The van der Waals surface area contributed by atoms with E-state index >= 15 is 0 Å². The van der Waals surface area contributed by atoms with Crippen LogP contribution in [0.4, 0.5) is 34.1 Å². The van der Waals surface area contributed by atoms with Gasteiger partial charge in [0.15, 0.2) is 0 Å². The minimum Gasteiger partial charge on any atom is -0.871 e. The summed E-state index contributed by atoms with van der Waals surface area (Å²) in [6, 6.07) is 24.4. The molecule has 261 valence electrons. The van der Waals surface area contributed by atoms with Crippen molar-refractivity contribution < 1.29 is 85.8 Å². The number of hydrogen-bond donors (Lipinski definition) is 2. The van der Waals surface area contributed by atoms with Crippen LogP contribution in [0.2, 0.25) is 0 Å². The predicted octanol–water partition coefficient (Wildman–Crippen LogP) is 2.40. The number of nitro benzene ring substituents is 1. The van der Waals surface area contributed by atoms with Gasteiger partial charge in [-0.25, -0.2) is 13.6 Å². The summed E-state index contributed by atoms with van der Waals surface area (Å²) in [5.41, 5.74) is -0.466. The van der Waals surface area contributed by atoms with Crippen molar-refractivity contribution in [2.24, 2.45) is 30.6 Å². The maximum absolute atomic E-state index is 12.3. The first kappa shape index (κ1) is 42.0. The largest absolute Gasteiger partial charge is 3.00 e. The van der Waals surface area contributed by atoms with Gasteiger partial charge in [0.25, 0.3) is 5.69 Å². The number of phenols is 1. The molecule has 0 fully saturated rings. The Balaban J connectivity index is 0.000000277. The number of nitro groups is 1. The van der Waals surface area contributed by atoms with Gasteiger partial charge in [-0.05, 0) is 47.9 Å². The molecule has 0 unspecified atom stereocenters. The summed E-state index contributed by atoms with van der Waals surface area (Å²) in [6.45, 7) is 1.27. The minimum absolute atomic E-state index is 0. The van der Waals surface area contributed by atoms with E-state index in [2.05, 4.69) is 25.4 Å². The molecule has 0 amide bonds. The van der Waals surface area contributed by atoms with E-state index in [4.69, 9.17) is 5.14 Å². The number of azo groups is 2. The molecule has 16 nitrogen and oxygen atoms in total. The zero-order valence-electron chi connectivity index (χ0n) is 27.6. The average molecular weight is 781 g/mol. The van der Waals surface area contributed by atoms with E-state index in [0.717, 1.165) is 41.8 Å². The molecule has 0 saturated heterocycles. The number of primary sulfonamides is 1. The Labute approximate surface area is 334 Å². The third-order valence-electron chi connectivity index (χ3n) is 7.04. The number of hydrogen-bond acceptors (Lipinski definition) is 14. The first-order valence-corrected chi connectivity index (χ1v) is 16.1. The fourth-order valence-electron chi connectivity index (χ4n) is 4.69. The van der Waals surface area contributed by atoms with Crippen molar-refractivity contribution in [2.75, 3.05) is 0 Å². The van der Waals surface area contributed by atoms with Crippen LogP contribution in [0.25, 0.3) is 21.5 Å². The van der Waals surface area contributed by atoms with Crippen LogP contribution in [0.1, 0.15) is 6.92 Å². The smallest absolute Gasteiger partial charge is 0.871 e. The van der Waals surface area contributed by atoms with Crippen LogP contribution in [0.15, 0.2) is 133 Å². The molecule has 53 heavy (non-hydrogen) atoms. The van der Waals surface area contributed by atoms with Crippen LogP contribution in [0.5, 0.6) is 23.0 Å². The van der Waals surface area contributed by atoms with Gasteiger partial charge >= 0.3 is 46.9 Å². The third-order valence-corrected chi connectivity index (χ3v) is 7.96. The first-order chi connectivity index (χ1) is 24.2. The molecule has 0 aliphatic heterocycles. The zero-order chi connectivity index (χ0) is 36.9. The topological polar surface area (TPSA) is 278 Å². The average Bonchev–Trinajstić information content (AvgIpc) is 3.08. The molecule has 6 aromatic carbocycles. The van der Waals surface area contributed by atoms with Crippen molar-refractivity contribution in [3.63, 3.8) is 0 Å². The normalized spacial score (nSPS) is 11.5. The summed E-state index contributed by atoms with van der Waals surface area (Å²) in [7, 11) is -3.96. The van der Waals surface area contributed by atoms with Gasteiger partial charge in [-0.2, -0.15) is 15.3 Å². The number of aromatic hydroxyl groups is 1. The second-order valence-electron chi connectivity index (χ2n) is 10.6. The SMILES string of the molecule is CC([O-])=Nc1cccc2ccc([O-])c(N=Nc3cc([N+](=O)[O-])ccc3[O-])c12.NS(=O)(=O)c1ccc([O-])c(N=Nc2c(O)ccc3ccccc23)c1.[Cr+3].[Na+]. The summed E-state index contributed by atoms with van der Waals surface area (Å²) in [4.78, 5) is 13.8. The van der Waals surface area contributed by atoms with Gasteiger partial charge in [0, 0.05) is 22.9 Å². The number of fused-ring (bicyclic) bond motifs is 2. The molecule has 0 heterocycles. The van der Waals surface area contributed by atoms with E-state index in [1.165, 1.54) is 19.1 Å². The van der Waals surface area contributed by atoms with Crippen molar-refractivity contribution in [3.05, 3.63) is 113 Å². The summed E-state index contributed by atoms with van der Waals surface area (Å²) in [5, 5.41) is 90.9. The van der Waals surface area contributed by atoms with E-state index < -0.39 is 38.1 Å². The quantitative estimate of drug-likeness (QED) is 0.0600. The van der Waals surface area contributed by atoms with Gasteiger partial charge in [-0.1, -0.05) is 84.0 Å². The predicted molar refractivity (Wildman–Crippen MR) is 180 cm³/mol. The van der Waals surface area contributed by atoms with E-state index in [0.29, 0.717) is 16.2 Å². The summed E-state index contributed by atoms with van der Waals surface area (Å²) in [5.74, 6) is -2.14. The fourth-order valence-corrected chi connectivity index (χ4v) is 5.22. The standard InChI is InChI=1S/C18H14N4O5.C16H13N3O4S.Cr.Na/c1-10(23)19-13-4-2-3-11-5-7-16(25)18(17(11)13)21-20-14-9-12(22(26)27)6-8-15(14)24;17-24(22,23)11-6-8-14(20)13(9-11)18-19-16-12-4-2-1-3-10(12)5-7-15(16)21;;/h2-9,24-25H,1H3,(H,19,23);1-9,20-21H,(H2,17,22,23);;/q;;+3;+1/p-4. The second kappa shape index (κ2) is 17.9. The van der Waals surface area contributed by atoms with Gasteiger partial charge in [0.1, 0.15) is 11.4 Å². The second-order valence-corrected chi connectivity index (χ2v) is 12.1. The summed E-state index contributed by atoms with van der Waals surface area (Å²) < 4.78 is 22.7. The number of nitrogens with zero attached hydrogens (tertiary/aromatic N) is 6. The van der Waals surface area contributed by atoms with Crippen LogP contribution in [-0.2, 0) is 27.4 Å². The maximum Gasteiger partial charge on any atom is 3.00 e. The molecular formula is C34H23CrN7NaO9S. The number of benzene rings is 6. The molecule has 0 aliphatic carbocycles. The molecule has 1 radical (unpaired) electrons. The Morgan fingerprint density at radius 1 is 0.717 bits per heavy atom. The summed E-state index contributed by atoms with van der Waals surface area (Å²) in [6.07, 6.45) is 0. The number of phenolic OH excluding ortho intramolecular Hbond substituents is 1. The minimum atomic E-state index is -3.96. The number of rotatable bonds is 7. The van der Waals surface area contributed by atoms with Crippen LogP contribution in [0.3, 0.4) is 0 Å². The van der Waals surface area contributed by atoms with Crippen molar-refractivity contribution >= 4 is 71.6 Å². The van der Waals surface area contributed by atoms with E-state index in [-0.39, 0.29) is 91.7 Å². The monoisotopic (exact) mass is 780 g/mol. The van der Waals surface area contributed by atoms with Gasteiger partial charge in [0.05, 0.1) is 32.6 Å². The number of sulfonamides is 1. The van der Waals surface area contributed by atoms with Gasteiger partial charge in [-0.15, -0.1) is 5.11 Å². The maximum atomic E-state index is 12.3. The van der Waals surface area contributed by atoms with Crippen molar-refractivity contribution in [1.29, 1.82) is 0 Å². The molecule has 6 rings (SSSR count). The molecule has 0 spiro atoms. The Morgan fingerprint density at radius 3 is 1.96 bits per heavy atom. The Hall–Kier alpha value is -5.45. The van der Waals surface area contributed by atoms with Gasteiger partial charge in [0.2, 0.25) is 10.0 Å². The van der Waals surface area contributed by atoms with Crippen molar-refractivity contribution in [3.8, 4) is 23.0 Å². The van der Waals surface area contributed by atoms with Crippen LogP contribution >= 0.6 is 0 Å². The molecule has 19 heteroatoms. The molecule has 0 saturated carbocycles. The Morgan fingerprint density at radius 2 is 1.30 bits per heavy atom. The number of aliphatic imine (C=N–C) groups is 1. The zero-order valence-corrected chi connectivity index (χ0v) is 31.7. The molecular weight excluding hydrogens is 757 g/mol. The summed E-state index contributed by atoms with van der Waals surface area (Å²) >= 11 is 0. The molecule has 6 aromatic rings. The van der Waals surface area contributed by atoms with Crippen molar-refractivity contribution in [1.82, 2.24) is 0 Å². The van der Waals surface area contributed by atoms with E-state index in [1.807, 2.05) is 12.1 Å². The fraction of sp³-hybridized carbons (Fsp3) is 0.0294. The molecule has 0 aliphatic rings. The third kappa shape index (κ3) is 10.1. The van der Waals surface area contributed by atoms with Crippen LogP contribution < -0.4 is 55.1 Å². The number of nitrogens with two attached hydrogens (primary N) is 1. The molecule has 0 atom stereocenters. The van der Waals surface area contributed by atoms with Crippen LogP contribution in [0, 0.1) is 10.1 Å². The van der Waals surface area contributed by atoms with Crippen LogP contribution in [-0.4, -0.2) is 24.3 Å². The van der Waals surface area contributed by atoms with Gasteiger partial charge < -0.3 is 25.5 Å². The molecule has 0 bridgehead atoms. The first-order valence-electron chi connectivity index (χ1n) is 14.5.